The average Bonchev–Trinajstić information content (AvgIpc) is 3.01. The first kappa shape index (κ1) is 16.2. The van der Waals surface area contributed by atoms with E-state index in [4.69, 9.17) is 0 Å². The lowest BCUT2D eigenvalue weighted by molar-refractivity contribution is -0.122. The lowest BCUT2D eigenvalue weighted by atomic mass is 10.0. The molecule has 1 aromatic heterocycles. The van der Waals surface area contributed by atoms with Gasteiger partial charge in [-0.25, -0.2) is 0 Å². The molecule has 0 spiro atoms. The molecule has 0 aliphatic carbocycles. The highest BCUT2D eigenvalue weighted by atomic mass is 32.1. The molecule has 1 aliphatic rings. The van der Waals surface area contributed by atoms with Gasteiger partial charge in [-0.05, 0) is 54.8 Å². The summed E-state index contributed by atoms with van der Waals surface area (Å²) in [6.07, 6.45) is 1.95. The first-order valence-electron chi connectivity index (χ1n) is 8.26. The maximum Gasteiger partial charge on any atom is 0.234 e. The van der Waals surface area contributed by atoms with E-state index in [1.807, 2.05) is 17.4 Å². The van der Waals surface area contributed by atoms with Crippen LogP contribution in [-0.4, -0.2) is 30.4 Å². The summed E-state index contributed by atoms with van der Waals surface area (Å²) in [5.74, 6) is 0.129. The molecule has 3 rings (SSSR count). The Bertz CT molecular complexity index is 680. The summed E-state index contributed by atoms with van der Waals surface area (Å²) in [5.41, 5.74) is 3.99. The van der Waals surface area contributed by atoms with Crippen molar-refractivity contribution < 1.29 is 4.79 Å². The van der Waals surface area contributed by atoms with Crippen LogP contribution in [0.3, 0.4) is 0 Å². The number of carbonyl (C=O) groups excluding carboxylic acids is 1. The summed E-state index contributed by atoms with van der Waals surface area (Å²) in [6.45, 7) is 6.48. The fourth-order valence-corrected chi connectivity index (χ4v) is 4.21. The quantitative estimate of drug-likeness (QED) is 0.913. The van der Waals surface area contributed by atoms with Crippen LogP contribution in [-0.2, 0) is 17.6 Å². The number of aryl methyl sites for hydroxylation is 1. The van der Waals surface area contributed by atoms with Gasteiger partial charge < -0.3 is 5.32 Å². The summed E-state index contributed by atoms with van der Waals surface area (Å²) in [6, 6.07) is 10.9. The molecule has 1 amide bonds. The van der Waals surface area contributed by atoms with E-state index >= 15 is 0 Å². The Morgan fingerprint density at radius 1 is 1.35 bits per heavy atom. The number of hydrogen-bond acceptors (Lipinski definition) is 3. The third kappa shape index (κ3) is 3.82. The summed E-state index contributed by atoms with van der Waals surface area (Å²) < 4.78 is 0. The van der Waals surface area contributed by atoms with Crippen molar-refractivity contribution in [1.29, 1.82) is 0 Å². The Morgan fingerprint density at radius 3 is 3.00 bits per heavy atom. The van der Waals surface area contributed by atoms with E-state index in [2.05, 4.69) is 53.7 Å². The van der Waals surface area contributed by atoms with Gasteiger partial charge in [0.15, 0.2) is 0 Å². The number of benzene rings is 1. The molecule has 2 aromatic rings. The van der Waals surface area contributed by atoms with E-state index in [1.165, 1.54) is 21.6 Å². The van der Waals surface area contributed by atoms with Gasteiger partial charge in [-0.1, -0.05) is 24.3 Å². The van der Waals surface area contributed by atoms with Gasteiger partial charge in [-0.2, -0.15) is 0 Å². The predicted octanol–water partition coefficient (Wildman–Crippen LogP) is 3.33. The van der Waals surface area contributed by atoms with E-state index in [0.29, 0.717) is 19.1 Å². The van der Waals surface area contributed by atoms with Crippen molar-refractivity contribution in [3.05, 3.63) is 57.3 Å². The molecule has 1 atom stereocenters. The lowest BCUT2D eigenvalue weighted by Crippen LogP contribution is -2.41. The average molecular weight is 328 g/mol. The van der Waals surface area contributed by atoms with E-state index in [0.717, 1.165) is 19.4 Å². The number of hydrogen-bond donors (Lipinski definition) is 1. The van der Waals surface area contributed by atoms with Crippen LogP contribution in [0.1, 0.15) is 34.5 Å². The molecule has 1 N–H and O–H groups in total. The summed E-state index contributed by atoms with van der Waals surface area (Å²) in [7, 11) is 0. The topological polar surface area (TPSA) is 32.3 Å². The van der Waals surface area contributed by atoms with Gasteiger partial charge in [0, 0.05) is 24.0 Å². The highest BCUT2D eigenvalue weighted by Gasteiger charge is 2.25. The maximum atomic E-state index is 12.2. The van der Waals surface area contributed by atoms with Gasteiger partial charge in [-0.3, -0.25) is 9.69 Å². The Kier molecular flexibility index (Phi) is 5.13. The molecular weight excluding hydrogens is 304 g/mol. The first-order valence-corrected chi connectivity index (χ1v) is 9.14. The SMILES string of the molecule is Cc1ccccc1CCNC(=O)CN1CCc2sccc2C1C. The molecule has 0 saturated heterocycles. The van der Waals surface area contributed by atoms with Crippen molar-refractivity contribution in [2.24, 2.45) is 0 Å². The van der Waals surface area contributed by atoms with Crippen LogP contribution < -0.4 is 5.32 Å². The fourth-order valence-electron chi connectivity index (χ4n) is 3.24. The molecule has 1 aliphatic heterocycles. The largest absolute Gasteiger partial charge is 0.355 e. The first-order chi connectivity index (χ1) is 11.1. The van der Waals surface area contributed by atoms with Crippen molar-refractivity contribution in [3.8, 4) is 0 Å². The van der Waals surface area contributed by atoms with Gasteiger partial charge in [-0.15, -0.1) is 11.3 Å². The number of nitrogens with zero attached hydrogens (tertiary/aromatic N) is 1. The number of fused-ring (bicyclic) bond motifs is 1. The fraction of sp³-hybridized carbons (Fsp3) is 0.421. The van der Waals surface area contributed by atoms with Gasteiger partial charge in [0.05, 0.1) is 6.54 Å². The molecule has 2 heterocycles. The lowest BCUT2D eigenvalue weighted by Gasteiger charge is -2.32. The minimum Gasteiger partial charge on any atom is -0.355 e. The van der Waals surface area contributed by atoms with Crippen LogP contribution in [0.25, 0.3) is 0 Å². The Morgan fingerprint density at radius 2 is 2.17 bits per heavy atom. The number of rotatable bonds is 5. The van der Waals surface area contributed by atoms with Crippen molar-refractivity contribution in [3.63, 3.8) is 0 Å². The number of nitrogens with one attached hydrogen (secondary N) is 1. The molecule has 0 fully saturated rings. The summed E-state index contributed by atoms with van der Waals surface area (Å²) >= 11 is 1.84. The predicted molar refractivity (Wildman–Crippen MR) is 95.9 cm³/mol. The van der Waals surface area contributed by atoms with Gasteiger partial charge in [0.2, 0.25) is 5.91 Å². The van der Waals surface area contributed by atoms with Crippen molar-refractivity contribution in [2.45, 2.75) is 32.7 Å². The summed E-state index contributed by atoms with van der Waals surface area (Å²) in [5, 5.41) is 5.23. The van der Waals surface area contributed by atoms with Crippen molar-refractivity contribution in [1.82, 2.24) is 10.2 Å². The monoisotopic (exact) mass is 328 g/mol. The van der Waals surface area contributed by atoms with Crippen LogP contribution in [0.2, 0.25) is 0 Å². The van der Waals surface area contributed by atoms with Crippen LogP contribution in [0.15, 0.2) is 35.7 Å². The zero-order valence-corrected chi connectivity index (χ0v) is 14.7. The van der Waals surface area contributed by atoms with Crippen molar-refractivity contribution in [2.75, 3.05) is 19.6 Å². The van der Waals surface area contributed by atoms with E-state index in [-0.39, 0.29) is 5.91 Å². The molecule has 23 heavy (non-hydrogen) atoms. The van der Waals surface area contributed by atoms with Crippen molar-refractivity contribution >= 4 is 17.2 Å². The molecule has 0 bridgehead atoms. The molecular formula is C19H24N2OS. The van der Waals surface area contributed by atoms with Gasteiger partial charge in [0.1, 0.15) is 0 Å². The summed E-state index contributed by atoms with van der Waals surface area (Å²) in [4.78, 5) is 16.0. The second kappa shape index (κ2) is 7.28. The molecule has 1 aromatic carbocycles. The second-order valence-corrected chi connectivity index (χ2v) is 7.22. The molecule has 3 nitrogen and oxygen atoms in total. The third-order valence-electron chi connectivity index (χ3n) is 4.73. The zero-order valence-electron chi connectivity index (χ0n) is 13.8. The number of thiophene rings is 1. The highest BCUT2D eigenvalue weighted by molar-refractivity contribution is 7.10. The second-order valence-electron chi connectivity index (χ2n) is 6.22. The maximum absolute atomic E-state index is 12.2. The van der Waals surface area contributed by atoms with Crippen LogP contribution >= 0.6 is 11.3 Å². The van der Waals surface area contributed by atoms with E-state index in [1.54, 1.807) is 0 Å². The molecule has 0 radical (unpaired) electrons. The van der Waals surface area contributed by atoms with Crippen LogP contribution in [0.5, 0.6) is 0 Å². The minimum absolute atomic E-state index is 0.129. The van der Waals surface area contributed by atoms with Gasteiger partial charge in [0.25, 0.3) is 0 Å². The molecule has 1 unspecified atom stereocenters. The van der Waals surface area contributed by atoms with E-state index < -0.39 is 0 Å². The van der Waals surface area contributed by atoms with Crippen LogP contribution in [0.4, 0.5) is 0 Å². The zero-order chi connectivity index (χ0) is 16.2. The standard InChI is InChI=1S/C19H24N2OS/c1-14-5-3-4-6-16(14)7-10-20-19(22)13-21-11-8-18-17(15(21)2)9-12-23-18/h3-6,9,12,15H,7-8,10-11,13H2,1-2H3,(H,20,22). The highest BCUT2D eigenvalue weighted by Crippen LogP contribution is 2.32. The smallest absolute Gasteiger partial charge is 0.234 e. The Labute approximate surface area is 142 Å². The number of carbonyl (C=O) groups is 1. The minimum atomic E-state index is 0.129. The normalized spacial score (nSPS) is 17.7. The Hall–Kier alpha value is -1.65. The number of amides is 1. The van der Waals surface area contributed by atoms with Crippen LogP contribution in [0, 0.1) is 6.92 Å². The van der Waals surface area contributed by atoms with E-state index in [9.17, 15) is 4.79 Å². The molecule has 122 valence electrons. The van der Waals surface area contributed by atoms with Gasteiger partial charge >= 0.3 is 0 Å². The molecule has 0 saturated carbocycles. The molecule has 4 heteroatoms. The third-order valence-corrected chi connectivity index (χ3v) is 5.72. The Balaban J connectivity index is 1.48.